The fraction of sp³-hybridized carbons (Fsp3) is 0.273. The summed E-state index contributed by atoms with van der Waals surface area (Å²) < 4.78 is 0. The summed E-state index contributed by atoms with van der Waals surface area (Å²) in [6.07, 6.45) is 1.75. The van der Waals surface area contributed by atoms with Crippen molar-refractivity contribution in [3.63, 3.8) is 0 Å². The van der Waals surface area contributed by atoms with Gasteiger partial charge in [-0.3, -0.25) is 0 Å². The van der Waals surface area contributed by atoms with Crippen molar-refractivity contribution in [3.05, 3.63) is 42.5 Å². The molecule has 1 aromatic rings. The molecule has 1 rings (SSSR count). The first kappa shape index (κ1) is 13.6. The molecule has 0 aliphatic heterocycles. The molecule has 0 saturated carbocycles. The summed E-state index contributed by atoms with van der Waals surface area (Å²) in [6, 6.07) is 8.29. The monoisotopic (exact) mass is 229 g/mol. The van der Waals surface area contributed by atoms with Crippen molar-refractivity contribution < 1.29 is 0 Å². The molecule has 0 aliphatic carbocycles. The van der Waals surface area contributed by atoms with Crippen LogP contribution in [0.25, 0.3) is 0 Å². The zero-order valence-electron chi connectivity index (χ0n) is 8.27. The molecule has 1 aromatic carbocycles. The molecule has 0 amide bonds. The number of hydrogen-bond donors (Lipinski definition) is 1. The van der Waals surface area contributed by atoms with Gasteiger partial charge in [-0.2, -0.15) is 0 Å². The van der Waals surface area contributed by atoms with E-state index in [0.717, 1.165) is 11.3 Å². The Kier molecular flexibility index (Phi) is 6.71. The van der Waals surface area contributed by atoms with Gasteiger partial charge in [-0.1, -0.05) is 25.1 Å². The van der Waals surface area contributed by atoms with E-state index in [1.165, 1.54) is 4.90 Å². The number of rotatable bonds is 4. The summed E-state index contributed by atoms with van der Waals surface area (Å²) in [7, 11) is 0. The molecule has 0 spiro atoms. The predicted octanol–water partition coefficient (Wildman–Crippen LogP) is 3.41. The second-order valence-electron chi connectivity index (χ2n) is 2.76. The topological polar surface area (TPSA) is 26.0 Å². The first-order chi connectivity index (χ1) is 6.27. The Morgan fingerprint density at radius 2 is 2.00 bits per heavy atom. The van der Waals surface area contributed by atoms with Crippen LogP contribution in [0.3, 0.4) is 0 Å². The molecule has 0 saturated heterocycles. The predicted molar refractivity (Wildman–Crippen MR) is 67.2 cm³/mol. The number of halogens is 1. The van der Waals surface area contributed by atoms with Crippen molar-refractivity contribution >= 4 is 24.2 Å². The van der Waals surface area contributed by atoms with E-state index in [2.05, 4.69) is 37.8 Å². The van der Waals surface area contributed by atoms with Gasteiger partial charge in [-0.25, -0.2) is 0 Å². The number of benzene rings is 1. The van der Waals surface area contributed by atoms with Gasteiger partial charge in [0, 0.05) is 10.9 Å². The molecule has 0 aliphatic rings. The van der Waals surface area contributed by atoms with Crippen LogP contribution in [0.1, 0.15) is 18.5 Å². The van der Waals surface area contributed by atoms with Crippen LogP contribution in [0, 0.1) is 0 Å². The Balaban J connectivity index is 0.00000169. The first-order valence-corrected chi connectivity index (χ1v) is 5.37. The molecule has 1 atom stereocenters. The summed E-state index contributed by atoms with van der Waals surface area (Å²) >= 11 is 1.84. The Hall–Kier alpha value is -0.440. The molecule has 0 fully saturated rings. The molecular formula is C11H16ClNS. The van der Waals surface area contributed by atoms with E-state index in [9.17, 15) is 0 Å². The smallest absolute Gasteiger partial charge is 0.0478 e. The second-order valence-corrected chi connectivity index (χ2v) is 4.10. The third-order valence-electron chi connectivity index (χ3n) is 1.83. The van der Waals surface area contributed by atoms with Gasteiger partial charge in [0.05, 0.1) is 0 Å². The average molecular weight is 230 g/mol. The number of thioether (sulfide) groups is 1. The van der Waals surface area contributed by atoms with E-state index in [-0.39, 0.29) is 18.4 Å². The highest BCUT2D eigenvalue weighted by atomic mass is 35.5. The Morgan fingerprint density at radius 1 is 1.43 bits per heavy atom. The summed E-state index contributed by atoms with van der Waals surface area (Å²) in [5.74, 6) is 1.10. The van der Waals surface area contributed by atoms with E-state index >= 15 is 0 Å². The van der Waals surface area contributed by atoms with E-state index in [1.807, 2.05) is 11.8 Å². The van der Waals surface area contributed by atoms with Crippen LogP contribution in [-0.2, 0) is 0 Å². The van der Waals surface area contributed by atoms with Crippen molar-refractivity contribution in [1.29, 1.82) is 0 Å². The van der Waals surface area contributed by atoms with Crippen LogP contribution >= 0.6 is 24.2 Å². The molecule has 14 heavy (non-hydrogen) atoms. The third-order valence-corrected chi connectivity index (χ3v) is 2.72. The quantitative estimate of drug-likeness (QED) is 0.633. The van der Waals surface area contributed by atoms with Gasteiger partial charge in [-0.05, 0) is 23.4 Å². The standard InChI is InChI=1S/C11H15NS.ClH/c1-3-11(12)9-5-7-10(8-6-9)13-4-2;/h3,5-8,11H,1,4,12H2,2H3;1H/t11-;/m1./s1. The maximum atomic E-state index is 5.79. The molecule has 0 heterocycles. The first-order valence-electron chi connectivity index (χ1n) is 4.38. The van der Waals surface area contributed by atoms with Gasteiger partial charge < -0.3 is 5.73 Å². The number of nitrogens with two attached hydrogens (primary N) is 1. The van der Waals surface area contributed by atoms with Crippen molar-refractivity contribution in [1.82, 2.24) is 0 Å². The highest BCUT2D eigenvalue weighted by molar-refractivity contribution is 7.99. The van der Waals surface area contributed by atoms with Gasteiger partial charge in [0.25, 0.3) is 0 Å². The SMILES string of the molecule is C=C[C@@H](N)c1ccc(SCC)cc1.Cl. The molecule has 0 bridgehead atoms. The fourth-order valence-corrected chi connectivity index (χ4v) is 1.75. The molecular weight excluding hydrogens is 214 g/mol. The Bertz CT molecular complexity index is 271. The van der Waals surface area contributed by atoms with Crippen molar-refractivity contribution in [2.24, 2.45) is 5.73 Å². The highest BCUT2D eigenvalue weighted by Crippen LogP contribution is 2.20. The fourth-order valence-electron chi connectivity index (χ4n) is 1.09. The van der Waals surface area contributed by atoms with Crippen molar-refractivity contribution in [3.8, 4) is 0 Å². The zero-order chi connectivity index (χ0) is 9.68. The van der Waals surface area contributed by atoms with Crippen LogP contribution in [0.5, 0.6) is 0 Å². The normalized spacial score (nSPS) is 11.6. The van der Waals surface area contributed by atoms with E-state index in [4.69, 9.17) is 5.73 Å². The molecule has 0 unspecified atom stereocenters. The number of hydrogen-bond acceptors (Lipinski definition) is 2. The lowest BCUT2D eigenvalue weighted by Gasteiger charge is -2.06. The maximum absolute atomic E-state index is 5.79. The van der Waals surface area contributed by atoms with Crippen LogP contribution in [-0.4, -0.2) is 5.75 Å². The van der Waals surface area contributed by atoms with Crippen LogP contribution in [0.15, 0.2) is 41.8 Å². The van der Waals surface area contributed by atoms with E-state index < -0.39 is 0 Å². The Morgan fingerprint density at radius 3 is 2.43 bits per heavy atom. The summed E-state index contributed by atoms with van der Waals surface area (Å²) in [6.45, 7) is 5.81. The molecule has 2 N–H and O–H groups in total. The van der Waals surface area contributed by atoms with Crippen LogP contribution in [0.4, 0.5) is 0 Å². The van der Waals surface area contributed by atoms with E-state index in [0.29, 0.717) is 0 Å². The molecule has 3 heteroatoms. The Labute approximate surface area is 96.2 Å². The minimum Gasteiger partial charge on any atom is -0.321 e. The van der Waals surface area contributed by atoms with E-state index in [1.54, 1.807) is 6.08 Å². The van der Waals surface area contributed by atoms with Gasteiger partial charge >= 0.3 is 0 Å². The minimum atomic E-state index is -0.0410. The second kappa shape index (κ2) is 6.93. The van der Waals surface area contributed by atoms with Gasteiger partial charge in [0.15, 0.2) is 0 Å². The van der Waals surface area contributed by atoms with Crippen molar-refractivity contribution in [2.75, 3.05) is 5.75 Å². The van der Waals surface area contributed by atoms with Crippen molar-refractivity contribution in [2.45, 2.75) is 17.9 Å². The summed E-state index contributed by atoms with van der Waals surface area (Å²) in [5.41, 5.74) is 6.91. The van der Waals surface area contributed by atoms with Gasteiger partial charge in [0.2, 0.25) is 0 Å². The third kappa shape index (κ3) is 3.74. The maximum Gasteiger partial charge on any atom is 0.0478 e. The van der Waals surface area contributed by atoms with Gasteiger partial charge in [0.1, 0.15) is 0 Å². The van der Waals surface area contributed by atoms with Crippen LogP contribution in [0.2, 0.25) is 0 Å². The lowest BCUT2D eigenvalue weighted by Crippen LogP contribution is -2.05. The highest BCUT2D eigenvalue weighted by Gasteiger charge is 1.99. The van der Waals surface area contributed by atoms with Crippen LogP contribution < -0.4 is 5.73 Å². The lowest BCUT2D eigenvalue weighted by molar-refractivity contribution is 0.912. The molecule has 78 valence electrons. The lowest BCUT2D eigenvalue weighted by atomic mass is 10.1. The van der Waals surface area contributed by atoms with Gasteiger partial charge in [-0.15, -0.1) is 30.7 Å². The summed E-state index contributed by atoms with van der Waals surface area (Å²) in [4.78, 5) is 1.29. The average Bonchev–Trinajstić information content (AvgIpc) is 2.18. The largest absolute Gasteiger partial charge is 0.321 e. The molecule has 0 aromatic heterocycles. The molecule has 0 radical (unpaired) electrons. The summed E-state index contributed by atoms with van der Waals surface area (Å²) in [5, 5.41) is 0. The zero-order valence-corrected chi connectivity index (χ0v) is 9.91. The minimum absolute atomic E-state index is 0. The molecule has 1 nitrogen and oxygen atoms in total.